The van der Waals surface area contributed by atoms with Crippen molar-refractivity contribution in [1.29, 1.82) is 0 Å². The number of hydrogen-bond donors (Lipinski definition) is 1. The van der Waals surface area contributed by atoms with Gasteiger partial charge in [0, 0.05) is 32.7 Å². The second kappa shape index (κ2) is 13.1. The zero-order valence-electron chi connectivity index (χ0n) is 17.7. The van der Waals surface area contributed by atoms with E-state index >= 15 is 0 Å². The number of carbonyl (C=O) groups excluding carboxylic acids is 1. The molecule has 5 heteroatoms. The molecule has 0 bridgehead atoms. The van der Waals surface area contributed by atoms with Gasteiger partial charge in [-0.05, 0) is 65.8 Å². The first-order valence-electron chi connectivity index (χ1n) is 10.3. The van der Waals surface area contributed by atoms with Crippen molar-refractivity contribution in [2.24, 2.45) is 5.92 Å². The van der Waals surface area contributed by atoms with Gasteiger partial charge < -0.3 is 15.0 Å². The van der Waals surface area contributed by atoms with Gasteiger partial charge in [0.05, 0.1) is 5.60 Å². The van der Waals surface area contributed by atoms with Gasteiger partial charge in [-0.1, -0.05) is 23.8 Å². The molecule has 1 aliphatic rings. The summed E-state index contributed by atoms with van der Waals surface area (Å²) in [4.78, 5) is 14.1. The third kappa shape index (κ3) is 11.3. The van der Waals surface area contributed by atoms with Crippen molar-refractivity contribution in [2.75, 3.05) is 39.5 Å². The zero-order chi connectivity index (χ0) is 20.1. The van der Waals surface area contributed by atoms with Crippen LogP contribution in [0.2, 0.25) is 0 Å². The Bertz CT molecular complexity index is 489. The number of amides is 1. The molecule has 156 valence electrons. The van der Waals surface area contributed by atoms with Crippen LogP contribution in [0.3, 0.4) is 0 Å². The molecule has 0 aromatic rings. The van der Waals surface area contributed by atoms with Gasteiger partial charge >= 0.3 is 0 Å². The summed E-state index contributed by atoms with van der Waals surface area (Å²) in [6, 6.07) is 0. The first kappa shape index (κ1) is 23.8. The van der Waals surface area contributed by atoms with Crippen LogP contribution in [-0.2, 0) is 9.53 Å². The lowest BCUT2D eigenvalue weighted by atomic mass is 9.88. The summed E-state index contributed by atoms with van der Waals surface area (Å²) in [6.07, 6.45) is 10.3. The third-order valence-corrected chi connectivity index (χ3v) is 5.06. The maximum absolute atomic E-state index is 12.9. The summed E-state index contributed by atoms with van der Waals surface area (Å²) in [6.45, 7) is 11.6. The number of nitrogens with one attached hydrogen (secondary N) is 1. The molecule has 0 aromatic heterocycles. The Morgan fingerprint density at radius 1 is 1.37 bits per heavy atom. The summed E-state index contributed by atoms with van der Waals surface area (Å²) >= 11 is 0. The highest BCUT2D eigenvalue weighted by Gasteiger charge is 2.29. The number of hydrogen-bond acceptors (Lipinski definition) is 3. The van der Waals surface area contributed by atoms with E-state index in [0.717, 1.165) is 45.4 Å². The third-order valence-electron chi connectivity index (χ3n) is 5.06. The molecular formula is C22H39FN2O2. The zero-order valence-corrected chi connectivity index (χ0v) is 17.7. The second-order valence-electron chi connectivity index (χ2n) is 8.13. The Morgan fingerprint density at radius 2 is 2.15 bits per heavy atom. The van der Waals surface area contributed by atoms with Gasteiger partial charge in [-0.15, -0.1) is 0 Å². The fraction of sp³-hybridized carbons (Fsp3) is 0.773. The highest BCUT2D eigenvalue weighted by Crippen LogP contribution is 2.29. The van der Waals surface area contributed by atoms with Gasteiger partial charge in [0.15, 0.2) is 0 Å². The highest BCUT2D eigenvalue weighted by molar-refractivity contribution is 5.75. The van der Waals surface area contributed by atoms with Crippen LogP contribution in [0.5, 0.6) is 0 Å². The predicted molar refractivity (Wildman–Crippen MR) is 111 cm³/mol. The van der Waals surface area contributed by atoms with Gasteiger partial charge in [0.25, 0.3) is 0 Å². The summed E-state index contributed by atoms with van der Waals surface area (Å²) in [5.74, 6) is 0.642. The van der Waals surface area contributed by atoms with E-state index < -0.39 is 0 Å². The van der Waals surface area contributed by atoms with Crippen molar-refractivity contribution < 1.29 is 13.9 Å². The van der Waals surface area contributed by atoms with E-state index in [-0.39, 0.29) is 18.2 Å². The second-order valence-corrected chi connectivity index (χ2v) is 8.13. The molecule has 4 nitrogen and oxygen atoms in total. The lowest BCUT2D eigenvalue weighted by molar-refractivity contribution is -0.121. The smallest absolute Gasteiger partial charge is 0.220 e. The quantitative estimate of drug-likeness (QED) is 0.405. The summed E-state index contributed by atoms with van der Waals surface area (Å²) < 4.78 is 18.7. The van der Waals surface area contributed by atoms with Crippen LogP contribution in [0, 0.1) is 5.92 Å². The molecule has 1 atom stereocenters. The average Bonchev–Trinajstić information content (AvgIpc) is 2.61. The minimum absolute atomic E-state index is 0.0712. The fourth-order valence-electron chi connectivity index (χ4n) is 3.49. The van der Waals surface area contributed by atoms with Gasteiger partial charge in [0.2, 0.25) is 5.91 Å². The molecule has 0 aliphatic carbocycles. The van der Waals surface area contributed by atoms with Crippen LogP contribution in [0.1, 0.15) is 59.8 Å². The molecule has 1 fully saturated rings. The molecule has 1 unspecified atom stereocenters. The van der Waals surface area contributed by atoms with Gasteiger partial charge in [-0.25, -0.2) is 4.39 Å². The van der Waals surface area contributed by atoms with Crippen LogP contribution < -0.4 is 5.32 Å². The fourth-order valence-corrected chi connectivity index (χ4v) is 3.49. The van der Waals surface area contributed by atoms with E-state index in [0.29, 0.717) is 25.4 Å². The van der Waals surface area contributed by atoms with E-state index in [1.165, 1.54) is 5.57 Å². The summed E-state index contributed by atoms with van der Waals surface area (Å²) in [5, 5.41) is 2.97. The molecule has 1 N–H and O–H groups in total. The molecule has 1 aliphatic heterocycles. The lowest BCUT2D eigenvalue weighted by Crippen LogP contribution is -2.41. The maximum Gasteiger partial charge on any atom is 0.220 e. The van der Waals surface area contributed by atoms with E-state index in [1.807, 2.05) is 32.1 Å². The molecular weight excluding hydrogens is 343 g/mol. The summed E-state index contributed by atoms with van der Waals surface area (Å²) in [5.41, 5.74) is 1.13. The molecule has 27 heavy (non-hydrogen) atoms. The Morgan fingerprint density at radius 3 is 2.81 bits per heavy atom. The lowest BCUT2D eigenvalue weighted by Gasteiger charge is -2.37. The largest absolute Gasteiger partial charge is 0.376 e. The van der Waals surface area contributed by atoms with E-state index in [1.54, 1.807) is 0 Å². The number of ether oxygens (including phenoxy) is 1. The molecule has 0 saturated carbocycles. The minimum Gasteiger partial charge on any atom is -0.376 e. The van der Waals surface area contributed by atoms with Crippen LogP contribution in [0.4, 0.5) is 4.39 Å². The number of rotatable bonds is 12. The molecule has 1 rings (SSSR count). The Kier molecular flexibility index (Phi) is 11.5. The van der Waals surface area contributed by atoms with E-state index in [2.05, 4.69) is 24.1 Å². The molecule has 1 amide bonds. The first-order valence-corrected chi connectivity index (χ1v) is 10.3. The van der Waals surface area contributed by atoms with Crippen LogP contribution in [-0.4, -0.2) is 55.9 Å². The molecule has 0 aromatic carbocycles. The van der Waals surface area contributed by atoms with Crippen molar-refractivity contribution in [2.45, 2.75) is 65.4 Å². The topological polar surface area (TPSA) is 41.6 Å². The van der Waals surface area contributed by atoms with Gasteiger partial charge in [-0.3, -0.25) is 4.79 Å². The monoisotopic (exact) mass is 382 g/mol. The number of carbonyl (C=O) groups is 1. The van der Waals surface area contributed by atoms with E-state index in [9.17, 15) is 9.18 Å². The van der Waals surface area contributed by atoms with Crippen molar-refractivity contribution in [1.82, 2.24) is 10.2 Å². The van der Waals surface area contributed by atoms with Crippen LogP contribution in [0.25, 0.3) is 0 Å². The van der Waals surface area contributed by atoms with Crippen LogP contribution >= 0.6 is 0 Å². The predicted octanol–water partition coefficient (Wildman–Crippen LogP) is 4.27. The summed E-state index contributed by atoms with van der Waals surface area (Å²) in [7, 11) is 0. The molecule has 0 spiro atoms. The van der Waals surface area contributed by atoms with Gasteiger partial charge in [0.1, 0.15) is 6.67 Å². The number of alkyl halides is 1. The van der Waals surface area contributed by atoms with Crippen molar-refractivity contribution in [3.63, 3.8) is 0 Å². The number of nitrogens with zero attached hydrogens (tertiary/aromatic N) is 1. The van der Waals surface area contributed by atoms with Crippen molar-refractivity contribution in [3.8, 4) is 0 Å². The number of halogens is 1. The molecule has 0 radical (unpaired) electrons. The SMILES string of the molecule is C/C=C(C)\C=C/CCC(=O)NCCCN(CCF)CC1CCOC(C)(C)C1. The number of allylic oxidation sites excluding steroid dienone is 4. The molecule has 1 heterocycles. The van der Waals surface area contributed by atoms with Crippen molar-refractivity contribution >= 4 is 5.91 Å². The van der Waals surface area contributed by atoms with E-state index in [4.69, 9.17) is 4.74 Å². The first-order chi connectivity index (χ1) is 12.9. The van der Waals surface area contributed by atoms with Crippen molar-refractivity contribution in [3.05, 3.63) is 23.8 Å². The molecule has 1 saturated heterocycles. The Balaban J connectivity index is 2.22. The van der Waals surface area contributed by atoms with Gasteiger partial charge in [-0.2, -0.15) is 0 Å². The maximum atomic E-state index is 12.9. The normalized spacial score (nSPS) is 20.4. The standard InChI is InChI=1S/C22H39FN2O2/c1-5-19(2)9-6-7-10-21(26)24-13-8-14-25(15-12-23)18-20-11-16-27-22(3,4)17-20/h5-6,9,20H,7-8,10-18H2,1-4H3,(H,24,26)/b9-6-,19-5-. The highest BCUT2D eigenvalue weighted by atomic mass is 19.1. The van der Waals surface area contributed by atoms with Crippen LogP contribution in [0.15, 0.2) is 23.8 Å². The minimum atomic E-state index is -0.322. The Hall–Kier alpha value is -1.20. The average molecular weight is 383 g/mol. The Labute approximate surface area is 165 Å².